The number of nitrogens with zero attached hydrogens (tertiary/aromatic N) is 1. The lowest BCUT2D eigenvalue weighted by Crippen LogP contribution is -2.46. The van der Waals surface area contributed by atoms with Crippen LogP contribution in [0.1, 0.15) is 25.7 Å². The van der Waals surface area contributed by atoms with Crippen LogP contribution in [0.4, 0.5) is 13.2 Å². The van der Waals surface area contributed by atoms with Crippen molar-refractivity contribution in [3.63, 3.8) is 0 Å². The van der Waals surface area contributed by atoms with E-state index in [9.17, 15) is 13.2 Å². The highest BCUT2D eigenvalue weighted by Crippen LogP contribution is 2.29. The van der Waals surface area contributed by atoms with Gasteiger partial charge in [-0.05, 0) is 31.9 Å². The van der Waals surface area contributed by atoms with E-state index in [-0.39, 0.29) is 12.6 Å². The lowest BCUT2D eigenvalue weighted by molar-refractivity contribution is -0.155. The first-order valence-corrected chi connectivity index (χ1v) is 7.47. The third kappa shape index (κ3) is 5.10. The molecule has 0 aromatic rings. The molecular formula is C11H20F3N3OS. The maximum absolute atomic E-state index is 12.7. The molecule has 1 atom stereocenters. The van der Waals surface area contributed by atoms with E-state index >= 15 is 0 Å². The Bertz CT molecular complexity index is 304. The molecule has 1 rings (SSSR count). The second-order valence-electron chi connectivity index (χ2n) is 4.74. The van der Waals surface area contributed by atoms with E-state index in [1.54, 1.807) is 11.8 Å². The van der Waals surface area contributed by atoms with Crippen LogP contribution in [0, 0.1) is 5.92 Å². The van der Waals surface area contributed by atoms with Gasteiger partial charge in [0.2, 0.25) is 0 Å². The van der Waals surface area contributed by atoms with Crippen molar-refractivity contribution >= 4 is 17.6 Å². The van der Waals surface area contributed by atoms with Crippen LogP contribution in [0.15, 0.2) is 5.16 Å². The van der Waals surface area contributed by atoms with Gasteiger partial charge in [0.25, 0.3) is 0 Å². The summed E-state index contributed by atoms with van der Waals surface area (Å²) in [7, 11) is 0. The molecule has 0 amide bonds. The quantitative estimate of drug-likeness (QED) is 0.315. The Hall–Kier alpha value is -0.630. The lowest BCUT2D eigenvalue weighted by Gasteiger charge is -2.29. The van der Waals surface area contributed by atoms with Gasteiger partial charge >= 0.3 is 6.18 Å². The van der Waals surface area contributed by atoms with Crippen LogP contribution in [0.25, 0.3) is 0 Å². The van der Waals surface area contributed by atoms with Crippen molar-refractivity contribution < 1.29 is 18.4 Å². The zero-order chi connectivity index (χ0) is 14.5. The number of hydrogen-bond donors (Lipinski definition) is 3. The molecule has 0 aromatic carbocycles. The number of oxime groups is 1. The van der Waals surface area contributed by atoms with E-state index in [0.717, 1.165) is 25.7 Å². The van der Waals surface area contributed by atoms with E-state index in [2.05, 4.69) is 16.7 Å². The topological polar surface area (TPSA) is 70.6 Å². The normalized spacial score (nSPS) is 27.3. The molecule has 0 radical (unpaired) electrons. The molecule has 0 bridgehead atoms. The van der Waals surface area contributed by atoms with Crippen molar-refractivity contribution in [2.75, 3.05) is 12.8 Å². The summed E-state index contributed by atoms with van der Waals surface area (Å²) in [6.45, 7) is -0.339. The molecule has 1 saturated carbocycles. The van der Waals surface area contributed by atoms with Gasteiger partial charge in [-0.3, -0.25) is 0 Å². The molecule has 0 aromatic heterocycles. The number of alkyl halides is 3. The zero-order valence-corrected chi connectivity index (χ0v) is 11.6. The largest absolute Gasteiger partial charge is 0.409 e. The van der Waals surface area contributed by atoms with E-state index in [4.69, 9.17) is 10.9 Å². The van der Waals surface area contributed by atoms with Crippen molar-refractivity contribution in [1.29, 1.82) is 0 Å². The molecule has 0 heterocycles. The van der Waals surface area contributed by atoms with Crippen LogP contribution < -0.4 is 11.1 Å². The first-order chi connectivity index (χ1) is 8.88. The molecule has 0 aliphatic heterocycles. The zero-order valence-electron chi connectivity index (χ0n) is 10.8. The van der Waals surface area contributed by atoms with Crippen LogP contribution in [0.5, 0.6) is 0 Å². The summed E-state index contributed by atoms with van der Waals surface area (Å²) >= 11 is 1.80. The summed E-state index contributed by atoms with van der Waals surface area (Å²) in [6, 6.07) is 0.0831. The van der Waals surface area contributed by atoms with Gasteiger partial charge in [0.05, 0.1) is 0 Å². The van der Waals surface area contributed by atoms with Crippen LogP contribution in [0.2, 0.25) is 0 Å². The minimum absolute atomic E-state index is 0.0831. The highest BCUT2D eigenvalue weighted by atomic mass is 32.2. The Kier molecular flexibility index (Phi) is 6.25. The molecule has 1 aliphatic rings. The highest BCUT2D eigenvalue weighted by Gasteiger charge is 2.42. The van der Waals surface area contributed by atoms with Crippen molar-refractivity contribution in [2.24, 2.45) is 16.8 Å². The van der Waals surface area contributed by atoms with Crippen LogP contribution in [0.3, 0.4) is 0 Å². The molecule has 1 aliphatic carbocycles. The number of hydrogen-bond acceptors (Lipinski definition) is 4. The summed E-state index contributed by atoms with van der Waals surface area (Å²) in [5, 5.41) is 14.4. The van der Waals surface area contributed by atoms with Gasteiger partial charge in [0.1, 0.15) is 5.92 Å². The van der Waals surface area contributed by atoms with Crippen molar-refractivity contribution in [3.8, 4) is 0 Å². The third-order valence-electron chi connectivity index (χ3n) is 3.49. The predicted octanol–water partition coefficient (Wildman–Crippen LogP) is 2.18. The smallest absolute Gasteiger partial charge is 0.400 e. The van der Waals surface area contributed by atoms with Crippen LogP contribution in [-0.4, -0.2) is 41.3 Å². The fraction of sp³-hybridized carbons (Fsp3) is 0.909. The molecular weight excluding hydrogens is 279 g/mol. The minimum Gasteiger partial charge on any atom is -0.409 e. The summed E-state index contributed by atoms with van der Waals surface area (Å²) in [5.74, 6) is -2.73. The maximum Gasteiger partial charge on any atom is 0.400 e. The Morgan fingerprint density at radius 3 is 2.42 bits per heavy atom. The minimum atomic E-state index is -4.50. The highest BCUT2D eigenvalue weighted by molar-refractivity contribution is 7.99. The van der Waals surface area contributed by atoms with Gasteiger partial charge in [-0.1, -0.05) is 5.16 Å². The molecule has 112 valence electrons. The van der Waals surface area contributed by atoms with E-state index in [1.807, 2.05) is 0 Å². The molecule has 0 saturated heterocycles. The molecule has 1 fully saturated rings. The number of amidine groups is 1. The summed E-state index contributed by atoms with van der Waals surface area (Å²) in [5.41, 5.74) is 5.10. The predicted molar refractivity (Wildman–Crippen MR) is 70.5 cm³/mol. The van der Waals surface area contributed by atoms with E-state index in [1.165, 1.54) is 0 Å². The average molecular weight is 299 g/mol. The van der Waals surface area contributed by atoms with E-state index < -0.39 is 17.9 Å². The Morgan fingerprint density at radius 1 is 1.42 bits per heavy atom. The average Bonchev–Trinajstić information content (AvgIpc) is 2.37. The standard InChI is InChI=1S/C11H20F3N3OS/c1-19-8-4-2-7(3-5-8)16-6-9(10(15)17-18)11(12,13)14/h7-9,16,18H,2-6H2,1H3,(H2,15,17). The monoisotopic (exact) mass is 299 g/mol. The van der Waals surface area contributed by atoms with Crippen molar-refractivity contribution in [2.45, 2.75) is 43.2 Å². The summed E-state index contributed by atoms with van der Waals surface area (Å²) in [4.78, 5) is 0. The summed E-state index contributed by atoms with van der Waals surface area (Å²) in [6.07, 6.45) is 1.31. The van der Waals surface area contributed by atoms with Gasteiger partial charge in [0, 0.05) is 17.8 Å². The second-order valence-corrected chi connectivity index (χ2v) is 5.87. The SMILES string of the molecule is CSC1CCC(NCC(C(N)=NO)C(F)(F)F)CC1. The third-order valence-corrected chi connectivity index (χ3v) is 4.62. The Morgan fingerprint density at radius 2 is 2.00 bits per heavy atom. The van der Waals surface area contributed by atoms with E-state index in [0.29, 0.717) is 5.25 Å². The number of thioether (sulfide) groups is 1. The second kappa shape index (κ2) is 7.23. The number of nitrogens with two attached hydrogens (primary N) is 1. The molecule has 4 nitrogen and oxygen atoms in total. The van der Waals surface area contributed by atoms with Crippen molar-refractivity contribution in [1.82, 2.24) is 5.32 Å². The molecule has 19 heavy (non-hydrogen) atoms. The molecule has 1 unspecified atom stereocenters. The number of halogens is 3. The fourth-order valence-electron chi connectivity index (χ4n) is 2.24. The van der Waals surface area contributed by atoms with Crippen LogP contribution in [-0.2, 0) is 0 Å². The van der Waals surface area contributed by atoms with Crippen molar-refractivity contribution in [3.05, 3.63) is 0 Å². The number of rotatable bonds is 5. The molecule has 8 heteroatoms. The van der Waals surface area contributed by atoms with Gasteiger partial charge in [-0.25, -0.2) is 0 Å². The first-order valence-electron chi connectivity index (χ1n) is 6.18. The molecule has 0 spiro atoms. The lowest BCUT2D eigenvalue weighted by atomic mass is 9.94. The fourth-order valence-corrected chi connectivity index (χ4v) is 2.99. The first kappa shape index (κ1) is 16.4. The Labute approximate surface area is 115 Å². The van der Waals surface area contributed by atoms with Gasteiger partial charge in [-0.15, -0.1) is 0 Å². The Balaban J connectivity index is 2.45. The van der Waals surface area contributed by atoms with Gasteiger partial charge < -0.3 is 16.3 Å². The molecule has 4 N–H and O–H groups in total. The number of nitrogens with one attached hydrogen (secondary N) is 1. The van der Waals surface area contributed by atoms with Gasteiger partial charge in [0.15, 0.2) is 5.84 Å². The maximum atomic E-state index is 12.7. The van der Waals surface area contributed by atoms with Crippen LogP contribution >= 0.6 is 11.8 Å². The summed E-state index contributed by atoms with van der Waals surface area (Å²) < 4.78 is 38.1. The van der Waals surface area contributed by atoms with Gasteiger partial charge in [-0.2, -0.15) is 24.9 Å².